The quantitative estimate of drug-likeness (QED) is 0.103. The van der Waals surface area contributed by atoms with Gasteiger partial charge in [-0.3, -0.25) is 0 Å². The van der Waals surface area contributed by atoms with Crippen LogP contribution in [-0.2, 0) is 12.8 Å². The largest absolute Gasteiger partial charge is 0.477 e. The first-order valence-electron chi connectivity index (χ1n) is 14.9. The molecule has 9 heteroatoms. The lowest BCUT2D eigenvalue weighted by Crippen LogP contribution is -1.95. The molecule has 0 saturated carbocycles. The van der Waals surface area contributed by atoms with E-state index in [0.717, 1.165) is 32.4 Å². The molecule has 0 aliphatic rings. The van der Waals surface area contributed by atoms with Gasteiger partial charge in [-0.25, -0.2) is 9.59 Å². The standard InChI is InChI=1S/C34H36O4S5/c1-3-5-7-9-11-21-22(12-10-8-6-4-2)32(28-18-14-24(40-28)26-16-20-30(42-26)34(37)38)43-31(21)27-17-13-23(39-27)25-15-19-29(41-25)33(35)36/h13-20H,3-12H2,1-2H3,(H,35,36)(H,37,38). The molecule has 0 spiro atoms. The maximum atomic E-state index is 11.5. The third-order valence-corrected chi connectivity index (χ3v) is 13.8. The lowest BCUT2D eigenvalue weighted by Gasteiger charge is -2.09. The second-order valence-electron chi connectivity index (χ2n) is 10.6. The van der Waals surface area contributed by atoms with Crippen molar-refractivity contribution in [1.82, 2.24) is 0 Å². The van der Waals surface area contributed by atoms with E-state index in [1.807, 2.05) is 23.5 Å². The summed E-state index contributed by atoms with van der Waals surface area (Å²) in [5.41, 5.74) is 2.97. The molecule has 0 saturated heterocycles. The third-order valence-electron chi connectivity index (χ3n) is 7.46. The van der Waals surface area contributed by atoms with Crippen molar-refractivity contribution in [2.45, 2.75) is 78.1 Å². The van der Waals surface area contributed by atoms with E-state index in [-0.39, 0.29) is 0 Å². The summed E-state index contributed by atoms with van der Waals surface area (Å²) in [6, 6.07) is 15.9. The Balaban J connectivity index is 1.55. The monoisotopic (exact) mass is 668 g/mol. The van der Waals surface area contributed by atoms with Crippen molar-refractivity contribution in [1.29, 1.82) is 0 Å². The van der Waals surface area contributed by atoms with E-state index < -0.39 is 11.9 Å². The SMILES string of the molecule is CCCCCCc1c(-c2ccc(-c3ccc(C(=O)O)s3)s2)sc(-c2ccc(-c3ccc(C(=O)O)s3)s2)c1CCCCCC. The van der Waals surface area contributed by atoms with Gasteiger partial charge in [0, 0.05) is 39.0 Å². The number of carbonyl (C=O) groups is 2. The van der Waals surface area contributed by atoms with Crippen molar-refractivity contribution in [2.75, 3.05) is 0 Å². The summed E-state index contributed by atoms with van der Waals surface area (Å²) in [4.78, 5) is 33.1. The van der Waals surface area contributed by atoms with Crippen LogP contribution in [0.25, 0.3) is 39.0 Å². The Labute approximate surface area is 273 Å². The fourth-order valence-electron chi connectivity index (χ4n) is 5.24. The Bertz CT molecular complexity index is 1560. The zero-order chi connectivity index (χ0) is 30.3. The van der Waals surface area contributed by atoms with Gasteiger partial charge in [0.05, 0.1) is 0 Å². The second-order valence-corrected chi connectivity index (χ2v) is 16.0. The summed E-state index contributed by atoms with van der Waals surface area (Å²) in [6.45, 7) is 4.50. The molecule has 5 rings (SSSR count). The number of thiophene rings is 5. The third kappa shape index (κ3) is 7.57. The molecule has 0 aliphatic carbocycles. The molecular weight excluding hydrogens is 633 g/mol. The molecule has 0 aromatic carbocycles. The zero-order valence-corrected chi connectivity index (χ0v) is 28.5. The van der Waals surface area contributed by atoms with E-state index in [0.29, 0.717) is 9.75 Å². The highest BCUT2D eigenvalue weighted by molar-refractivity contribution is 7.30. The fourth-order valence-corrected chi connectivity index (χ4v) is 10.8. The Morgan fingerprint density at radius 3 is 1.23 bits per heavy atom. The van der Waals surface area contributed by atoms with E-state index in [2.05, 4.69) is 38.1 Å². The molecule has 0 unspecified atom stereocenters. The lowest BCUT2D eigenvalue weighted by atomic mass is 9.96. The van der Waals surface area contributed by atoms with Crippen molar-refractivity contribution in [2.24, 2.45) is 0 Å². The highest BCUT2D eigenvalue weighted by Gasteiger charge is 2.23. The van der Waals surface area contributed by atoms with E-state index in [9.17, 15) is 19.8 Å². The number of hydrogen-bond acceptors (Lipinski definition) is 7. The number of carboxylic acids is 2. The Morgan fingerprint density at radius 1 is 0.488 bits per heavy atom. The molecule has 0 atom stereocenters. The van der Waals surface area contributed by atoms with Crippen molar-refractivity contribution in [3.8, 4) is 39.0 Å². The maximum absolute atomic E-state index is 11.5. The van der Waals surface area contributed by atoms with Gasteiger partial charge in [-0.1, -0.05) is 52.4 Å². The summed E-state index contributed by atoms with van der Waals surface area (Å²) in [7, 11) is 0. The van der Waals surface area contributed by atoms with Crippen LogP contribution in [0.3, 0.4) is 0 Å². The van der Waals surface area contributed by atoms with Gasteiger partial charge in [-0.2, -0.15) is 0 Å². The van der Waals surface area contributed by atoms with Gasteiger partial charge in [0.1, 0.15) is 9.75 Å². The minimum absolute atomic E-state index is 0.365. The molecule has 0 bridgehead atoms. The number of rotatable bonds is 16. The van der Waals surface area contributed by atoms with Crippen molar-refractivity contribution in [3.63, 3.8) is 0 Å². The van der Waals surface area contributed by atoms with Crippen LogP contribution in [0.5, 0.6) is 0 Å². The normalized spacial score (nSPS) is 11.4. The van der Waals surface area contributed by atoms with Crippen LogP contribution >= 0.6 is 56.7 Å². The molecule has 4 nitrogen and oxygen atoms in total. The van der Waals surface area contributed by atoms with Crippen LogP contribution in [0.2, 0.25) is 0 Å². The van der Waals surface area contributed by atoms with Crippen LogP contribution in [0.1, 0.15) is 95.7 Å². The van der Waals surface area contributed by atoms with Crippen molar-refractivity contribution < 1.29 is 19.8 Å². The fraction of sp³-hybridized carbons (Fsp3) is 0.353. The smallest absolute Gasteiger partial charge is 0.345 e. The van der Waals surface area contributed by atoms with Gasteiger partial charge in [0.2, 0.25) is 0 Å². The molecule has 0 radical (unpaired) electrons. The summed E-state index contributed by atoms with van der Waals surface area (Å²) in [5, 5.41) is 18.8. The van der Waals surface area contributed by atoms with Gasteiger partial charge in [0.15, 0.2) is 0 Å². The summed E-state index contributed by atoms with van der Waals surface area (Å²) >= 11 is 8.07. The Morgan fingerprint density at radius 2 is 0.860 bits per heavy atom. The van der Waals surface area contributed by atoms with E-state index in [1.54, 1.807) is 34.8 Å². The van der Waals surface area contributed by atoms with Crippen LogP contribution in [0, 0.1) is 0 Å². The number of carboxylic acid groups (broad SMARTS) is 2. The molecule has 5 aromatic rings. The number of unbranched alkanes of at least 4 members (excludes halogenated alkanes) is 6. The number of aromatic carboxylic acids is 2. The molecule has 0 aliphatic heterocycles. The van der Waals surface area contributed by atoms with Crippen LogP contribution < -0.4 is 0 Å². The Kier molecular flexibility index (Phi) is 11.1. The Hall–Kier alpha value is -2.56. The lowest BCUT2D eigenvalue weighted by molar-refractivity contribution is 0.0691. The van der Waals surface area contributed by atoms with E-state index >= 15 is 0 Å². The average molecular weight is 669 g/mol. The molecule has 2 N–H and O–H groups in total. The first kappa shape index (κ1) is 31.9. The molecule has 0 amide bonds. The van der Waals surface area contributed by atoms with Crippen LogP contribution in [0.15, 0.2) is 48.5 Å². The average Bonchev–Trinajstić information content (AvgIpc) is 3.82. The summed E-state index contributed by atoms with van der Waals surface area (Å²) in [5.74, 6) is -1.76. The predicted octanol–water partition coefficient (Wildman–Crippen LogP) is 12.3. The highest BCUT2D eigenvalue weighted by atomic mass is 32.1. The number of hydrogen-bond donors (Lipinski definition) is 2. The van der Waals surface area contributed by atoms with Gasteiger partial charge in [-0.15, -0.1) is 56.7 Å². The molecule has 226 valence electrons. The van der Waals surface area contributed by atoms with Crippen molar-refractivity contribution >= 4 is 68.6 Å². The first-order chi connectivity index (χ1) is 20.9. The van der Waals surface area contributed by atoms with Crippen LogP contribution in [0.4, 0.5) is 0 Å². The topological polar surface area (TPSA) is 74.6 Å². The van der Waals surface area contributed by atoms with Gasteiger partial charge in [-0.05, 0) is 85.3 Å². The minimum Gasteiger partial charge on any atom is -0.477 e. The minimum atomic E-state index is -0.880. The van der Waals surface area contributed by atoms with E-state index in [4.69, 9.17) is 0 Å². The first-order valence-corrected chi connectivity index (χ1v) is 19.0. The van der Waals surface area contributed by atoms with Gasteiger partial charge >= 0.3 is 11.9 Å². The summed E-state index contributed by atoms with van der Waals surface area (Å²) in [6.07, 6.45) is 11.9. The predicted molar refractivity (Wildman–Crippen MR) is 187 cm³/mol. The molecule has 5 heterocycles. The molecular formula is C34H36O4S5. The molecule has 43 heavy (non-hydrogen) atoms. The zero-order valence-electron chi connectivity index (χ0n) is 24.4. The van der Waals surface area contributed by atoms with Crippen molar-refractivity contribution in [3.05, 3.63) is 69.4 Å². The molecule has 0 fully saturated rings. The highest BCUT2D eigenvalue weighted by Crippen LogP contribution is 2.50. The van der Waals surface area contributed by atoms with Gasteiger partial charge in [0.25, 0.3) is 0 Å². The van der Waals surface area contributed by atoms with E-state index in [1.165, 1.54) is 105 Å². The maximum Gasteiger partial charge on any atom is 0.345 e. The summed E-state index contributed by atoms with van der Waals surface area (Å²) < 4.78 is 0. The second kappa shape index (κ2) is 14.9. The van der Waals surface area contributed by atoms with Crippen LogP contribution in [-0.4, -0.2) is 22.2 Å². The van der Waals surface area contributed by atoms with Gasteiger partial charge < -0.3 is 10.2 Å². The molecule has 5 aromatic heterocycles.